The van der Waals surface area contributed by atoms with E-state index in [-0.39, 0.29) is 28.5 Å². The highest BCUT2D eigenvalue weighted by Gasteiger charge is 2.25. The van der Waals surface area contributed by atoms with Crippen molar-refractivity contribution in [1.29, 1.82) is 0 Å². The SMILES string of the molecule is [B]COC(=O)C(Cc1ccc(NC(=O)c2c(Cl)cccc2Cl)cc1)NC(=O)OC(C)(C)C. The number of ether oxygens (including phenoxy) is 2. The molecule has 0 saturated carbocycles. The topological polar surface area (TPSA) is 93.7 Å². The number of benzene rings is 2. The van der Waals surface area contributed by atoms with Crippen LogP contribution >= 0.6 is 23.2 Å². The molecule has 7 nitrogen and oxygen atoms in total. The van der Waals surface area contributed by atoms with E-state index >= 15 is 0 Å². The molecule has 1 atom stereocenters. The van der Waals surface area contributed by atoms with Gasteiger partial charge in [0.25, 0.3) is 5.91 Å². The number of halogens is 2. The first-order valence-corrected chi connectivity index (χ1v) is 10.5. The van der Waals surface area contributed by atoms with Crippen LogP contribution in [-0.4, -0.2) is 44.0 Å². The maximum Gasteiger partial charge on any atom is 0.408 e. The van der Waals surface area contributed by atoms with Gasteiger partial charge in [-0.05, 0) is 50.6 Å². The molecule has 0 aromatic heterocycles. The largest absolute Gasteiger partial charge is 0.475 e. The average Bonchev–Trinajstić information content (AvgIpc) is 2.67. The summed E-state index contributed by atoms with van der Waals surface area (Å²) in [4.78, 5) is 36.8. The molecule has 2 aromatic carbocycles. The summed E-state index contributed by atoms with van der Waals surface area (Å²) >= 11 is 12.1. The number of nitrogens with one attached hydrogen (secondary N) is 2. The zero-order valence-electron chi connectivity index (χ0n) is 17.9. The average molecular weight is 477 g/mol. The van der Waals surface area contributed by atoms with Crippen molar-refractivity contribution in [3.8, 4) is 0 Å². The third-order valence-electron chi connectivity index (χ3n) is 4.04. The van der Waals surface area contributed by atoms with E-state index in [2.05, 4.69) is 10.6 Å². The van der Waals surface area contributed by atoms with Gasteiger partial charge >= 0.3 is 12.1 Å². The van der Waals surface area contributed by atoms with Gasteiger partial charge in [-0.2, -0.15) is 0 Å². The Morgan fingerprint density at radius 3 is 2.16 bits per heavy atom. The molecule has 2 N–H and O–H groups in total. The van der Waals surface area contributed by atoms with Gasteiger partial charge in [0.05, 0.1) is 15.6 Å². The lowest BCUT2D eigenvalue weighted by atomic mass is 10.1. The lowest BCUT2D eigenvalue weighted by Crippen LogP contribution is -2.45. The molecule has 0 spiro atoms. The van der Waals surface area contributed by atoms with Crippen molar-refractivity contribution in [1.82, 2.24) is 5.32 Å². The van der Waals surface area contributed by atoms with Crippen molar-refractivity contribution >= 4 is 54.7 Å². The molecule has 0 bridgehead atoms. The summed E-state index contributed by atoms with van der Waals surface area (Å²) < 4.78 is 10.0. The molecule has 2 rings (SSSR count). The van der Waals surface area contributed by atoms with Crippen molar-refractivity contribution in [3.05, 3.63) is 63.6 Å². The van der Waals surface area contributed by atoms with E-state index in [1.165, 1.54) is 0 Å². The summed E-state index contributed by atoms with van der Waals surface area (Å²) in [5.41, 5.74) is 0.646. The first kappa shape index (κ1) is 25.6. The third kappa shape index (κ3) is 7.77. The van der Waals surface area contributed by atoms with Gasteiger partial charge in [0, 0.05) is 18.6 Å². The van der Waals surface area contributed by atoms with Crippen molar-refractivity contribution in [2.75, 3.05) is 11.8 Å². The minimum absolute atomic E-state index is 0.128. The van der Waals surface area contributed by atoms with Crippen LogP contribution in [0, 0.1) is 0 Å². The summed E-state index contributed by atoms with van der Waals surface area (Å²) in [6.07, 6.45) is -0.625. The quantitative estimate of drug-likeness (QED) is 0.457. The Bertz CT molecular complexity index is 957. The van der Waals surface area contributed by atoms with E-state index in [0.29, 0.717) is 11.3 Å². The minimum atomic E-state index is -1.00. The first-order valence-electron chi connectivity index (χ1n) is 9.70. The molecule has 168 valence electrons. The minimum Gasteiger partial charge on any atom is -0.475 e. The smallest absolute Gasteiger partial charge is 0.408 e. The molecule has 10 heteroatoms. The fourth-order valence-electron chi connectivity index (χ4n) is 2.69. The van der Waals surface area contributed by atoms with Gasteiger partial charge in [0.1, 0.15) is 19.5 Å². The Morgan fingerprint density at radius 2 is 1.62 bits per heavy atom. The molecule has 0 saturated heterocycles. The Morgan fingerprint density at radius 1 is 1.03 bits per heavy atom. The summed E-state index contributed by atoms with van der Waals surface area (Å²) in [5, 5.41) is 5.69. The number of carbonyl (C=O) groups is 3. The molecule has 0 heterocycles. The zero-order chi connectivity index (χ0) is 23.9. The lowest BCUT2D eigenvalue weighted by molar-refractivity contribution is -0.144. The molecule has 0 aliphatic heterocycles. The van der Waals surface area contributed by atoms with Crippen LogP contribution in [-0.2, 0) is 20.7 Å². The summed E-state index contributed by atoms with van der Waals surface area (Å²) in [7, 11) is 5.28. The second kappa shape index (κ2) is 11.2. The van der Waals surface area contributed by atoms with Gasteiger partial charge in [0.2, 0.25) is 0 Å². The molecule has 2 radical (unpaired) electrons. The molecule has 1 unspecified atom stereocenters. The highest BCUT2D eigenvalue weighted by molar-refractivity contribution is 6.40. The van der Waals surface area contributed by atoms with Crippen molar-refractivity contribution < 1.29 is 23.9 Å². The van der Waals surface area contributed by atoms with E-state index in [4.69, 9.17) is 40.5 Å². The van der Waals surface area contributed by atoms with Crippen LogP contribution in [0.4, 0.5) is 10.5 Å². The number of hydrogen-bond acceptors (Lipinski definition) is 5. The second-order valence-electron chi connectivity index (χ2n) is 7.78. The molecule has 32 heavy (non-hydrogen) atoms. The Hall–Kier alpha value is -2.71. The Balaban J connectivity index is 2.09. The summed E-state index contributed by atoms with van der Waals surface area (Å²) in [6, 6.07) is 10.5. The van der Waals surface area contributed by atoms with Gasteiger partial charge in [0.15, 0.2) is 0 Å². The van der Waals surface area contributed by atoms with E-state index in [1.807, 2.05) is 0 Å². The van der Waals surface area contributed by atoms with Crippen LogP contribution in [0.2, 0.25) is 10.0 Å². The molecular weight excluding hydrogens is 454 g/mol. The van der Waals surface area contributed by atoms with E-state index in [1.54, 1.807) is 63.2 Å². The number of anilines is 1. The number of alkyl carbamates (subject to hydrolysis) is 1. The van der Waals surface area contributed by atoms with Gasteiger partial charge < -0.3 is 20.1 Å². The van der Waals surface area contributed by atoms with Gasteiger partial charge in [-0.25, -0.2) is 9.59 Å². The zero-order valence-corrected chi connectivity index (χ0v) is 19.4. The number of amides is 2. The molecule has 0 aliphatic rings. The summed E-state index contributed by atoms with van der Waals surface area (Å²) in [6.45, 7) is 4.81. The van der Waals surface area contributed by atoms with Crippen molar-refractivity contribution in [2.24, 2.45) is 0 Å². The molecule has 2 amide bonds. The fourth-order valence-corrected chi connectivity index (χ4v) is 3.26. The van der Waals surface area contributed by atoms with E-state index in [9.17, 15) is 14.4 Å². The highest BCUT2D eigenvalue weighted by atomic mass is 35.5. The maximum atomic E-state index is 12.5. The lowest BCUT2D eigenvalue weighted by Gasteiger charge is -2.23. The van der Waals surface area contributed by atoms with Gasteiger partial charge in [-0.1, -0.05) is 41.4 Å². The monoisotopic (exact) mass is 476 g/mol. The highest BCUT2D eigenvalue weighted by Crippen LogP contribution is 2.25. The van der Waals surface area contributed by atoms with Crippen LogP contribution in [0.25, 0.3) is 0 Å². The van der Waals surface area contributed by atoms with Gasteiger partial charge in [-0.15, -0.1) is 0 Å². The molecule has 2 aromatic rings. The normalized spacial score (nSPS) is 11.9. The second-order valence-corrected chi connectivity index (χ2v) is 8.60. The van der Waals surface area contributed by atoms with Crippen molar-refractivity contribution in [3.63, 3.8) is 0 Å². The number of carbonyl (C=O) groups excluding carboxylic acids is 3. The van der Waals surface area contributed by atoms with Crippen LogP contribution in [0.3, 0.4) is 0 Å². The number of esters is 1. The predicted octanol–water partition coefficient (Wildman–Crippen LogP) is 4.35. The van der Waals surface area contributed by atoms with Crippen LogP contribution in [0.1, 0.15) is 36.7 Å². The molecular formula is C22H23BCl2N2O5. The van der Waals surface area contributed by atoms with Crippen LogP contribution in [0.15, 0.2) is 42.5 Å². The third-order valence-corrected chi connectivity index (χ3v) is 4.67. The number of rotatable bonds is 7. The standard InChI is InChI=1S/C22H23BCl2N2O5/c1-22(2,3)32-21(30)27-17(20(29)31-12-23)11-13-7-9-14(10-8-13)26-19(28)18-15(24)5-4-6-16(18)25/h4-10,17H,11-12H2,1-3H3,(H,26,28)(H,27,30). The van der Waals surface area contributed by atoms with Crippen LogP contribution < -0.4 is 10.6 Å². The maximum absolute atomic E-state index is 12.5. The Kier molecular flexibility index (Phi) is 8.98. The van der Waals surface area contributed by atoms with Crippen molar-refractivity contribution in [2.45, 2.75) is 38.8 Å². The van der Waals surface area contributed by atoms with E-state index in [0.717, 1.165) is 0 Å². The van der Waals surface area contributed by atoms with E-state index < -0.39 is 29.6 Å². The first-order chi connectivity index (χ1) is 15.0. The van der Waals surface area contributed by atoms with Crippen LogP contribution in [0.5, 0.6) is 0 Å². The summed E-state index contributed by atoms with van der Waals surface area (Å²) in [5.74, 6) is -1.14. The predicted molar refractivity (Wildman–Crippen MR) is 124 cm³/mol. The molecule has 0 fully saturated rings. The van der Waals surface area contributed by atoms with Gasteiger partial charge in [-0.3, -0.25) is 4.79 Å². The number of hydrogen-bond donors (Lipinski definition) is 2. The Labute approximate surface area is 198 Å². The fraction of sp³-hybridized carbons (Fsp3) is 0.318. The molecule has 0 aliphatic carbocycles.